The van der Waals surface area contributed by atoms with Gasteiger partial charge in [0.2, 0.25) is 0 Å². The van der Waals surface area contributed by atoms with Crippen LogP contribution in [0.4, 0.5) is 0 Å². The molecule has 5 unspecified atom stereocenters. The summed E-state index contributed by atoms with van der Waals surface area (Å²) in [6.07, 6.45) is 73.9. The van der Waals surface area contributed by atoms with Crippen LogP contribution < -0.4 is 0 Å². The van der Waals surface area contributed by atoms with Crippen molar-refractivity contribution < 1.29 is 80.2 Å². The number of phosphoric ester groups is 2. The minimum atomic E-state index is -4.98. The van der Waals surface area contributed by atoms with Gasteiger partial charge in [-0.15, -0.1) is 0 Å². The molecule has 19 heteroatoms. The number of esters is 4. The average Bonchev–Trinajstić information content (AvgIpc) is 0.969. The molecular formula is C79H138O17P2. The van der Waals surface area contributed by atoms with Crippen molar-refractivity contribution in [2.45, 2.75) is 341 Å². The standard InChI is InChI=1S/C79H138O17P2/c1-5-9-13-17-21-25-29-33-35-36-38-42-44-48-52-56-60-64-77(82)90-70-75(96-79(84)66-62-58-54-50-46-40-32-28-24-20-16-12-8-4)72-94-98(87,88)92-68-73(80)67-91-97(85,86)93-71-74(95-78(83)65-61-57-53-49-45-39-31-27-23-19-15-11-7-3)69-89-76(81)63-59-55-51-47-43-41-37-34-30-26-22-18-14-10-6-2/h9,13,21-22,25-28,31-35,37-38,42,73-75,80H,5-8,10-12,14-20,23-24,29-30,36,39-41,43-72H2,1-4H3,(H,85,86)(H,87,88)/b13-9-,25-21-,26-22-,31-27-,32-28-,35-33-,37-34-,42-38-. The quantitative estimate of drug-likeness (QED) is 0.0169. The van der Waals surface area contributed by atoms with Crippen LogP contribution in [0.25, 0.3) is 0 Å². The van der Waals surface area contributed by atoms with E-state index < -0.39 is 97.5 Å². The molecule has 0 aliphatic carbocycles. The predicted octanol–water partition coefficient (Wildman–Crippen LogP) is 22.0. The molecule has 0 heterocycles. The Balaban J connectivity index is 5.37. The summed E-state index contributed by atoms with van der Waals surface area (Å²) in [7, 11) is -9.96. The maximum Gasteiger partial charge on any atom is 0.472 e. The monoisotopic (exact) mass is 1420 g/mol. The summed E-state index contributed by atoms with van der Waals surface area (Å²) in [5.74, 6) is -2.22. The van der Waals surface area contributed by atoms with Crippen LogP contribution in [-0.4, -0.2) is 96.7 Å². The van der Waals surface area contributed by atoms with E-state index in [1.54, 1.807) is 0 Å². The second-order valence-corrected chi connectivity index (χ2v) is 28.5. The first kappa shape index (κ1) is 94.0. The number of ether oxygens (including phenoxy) is 4. The summed E-state index contributed by atoms with van der Waals surface area (Å²) in [5.41, 5.74) is 0. The SMILES string of the molecule is CC/C=C\C/C=C\C/C=C\C/C=C\CCCCCCC(=O)OCC(COP(=O)(O)OCC(O)COP(=O)(O)OCC(COC(=O)CCCCCCC/C=C\C/C=C\CCCCC)OC(=O)CCCCCCC/C=C\CCCCCC)OC(=O)CCCCCCC/C=C\CCCCCC. The van der Waals surface area contributed by atoms with Crippen LogP contribution in [0, 0.1) is 0 Å². The smallest absolute Gasteiger partial charge is 0.462 e. The van der Waals surface area contributed by atoms with Gasteiger partial charge in [0, 0.05) is 25.7 Å². The minimum Gasteiger partial charge on any atom is -0.462 e. The molecular weight excluding hydrogens is 1280 g/mol. The first-order valence-electron chi connectivity index (χ1n) is 38.5. The molecule has 0 radical (unpaired) electrons. The molecule has 0 spiro atoms. The van der Waals surface area contributed by atoms with Crippen LogP contribution in [0.2, 0.25) is 0 Å². The molecule has 0 bridgehead atoms. The third kappa shape index (κ3) is 70.4. The van der Waals surface area contributed by atoms with E-state index in [4.69, 9.17) is 37.0 Å². The molecule has 17 nitrogen and oxygen atoms in total. The van der Waals surface area contributed by atoms with Gasteiger partial charge in [-0.2, -0.15) is 0 Å². The van der Waals surface area contributed by atoms with Crippen LogP contribution in [-0.2, 0) is 65.4 Å². The van der Waals surface area contributed by atoms with E-state index in [-0.39, 0.29) is 25.7 Å². The summed E-state index contributed by atoms with van der Waals surface area (Å²) in [4.78, 5) is 72.8. The highest BCUT2D eigenvalue weighted by molar-refractivity contribution is 7.47. The molecule has 0 rings (SSSR count). The van der Waals surface area contributed by atoms with Crippen molar-refractivity contribution in [2.24, 2.45) is 0 Å². The Morgan fingerprint density at radius 2 is 0.531 bits per heavy atom. The van der Waals surface area contributed by atoms with Crippen LogP contribution in [0.15, 0.2) is 97.2 Å². The van der Waals surface area contributed by atoms with E-state index in [1.807, 2.05) is 0 Å². The highest BCUT2D eigenvalue weighted by atomic mass is 31.2. The fraction of sp³-hybridized carbons (Fsp3) is 0.747. The Morgan fingerprint density at radius 1 is 0.296 bits per heavy atom. The summed E-state index contributed by atoms with van der Waals surface area (Å²) < 4.78 is 68.4. The van der Waals surface area contributed by atoms with Crippen molar-refractivity contribution in [2.75, 3.05) is 39.6 Å². The van der Waals surface area contributed by atoms with Gasteiger partial charge in [-0.05, 0) is 148 Å². The Morgan fingerprint density at radius 3 is 0.847 bits per heavy atom. The Hall–Kier alpha value is -4.02. The van der Waals surface area contributed by atoms with Crippen molar-refractivity contribution in [3.8, 4) is 0 Å². The van der Waals surface area contributed by atoms with E-state index in [0.29, 0.717) is 25.7 Å². The molecule has 3 N–H and O–H groups in total. The van der Waals surface area contributed by atoms with Gasteiger partial charge in [-0.1, -0.05) is 247 Å². The number of unbranched alkanes of at least 4 members (excludes halogenated alkanes) is 30. The third-order valence-corrected chi connectivity index (χ3v) is 17.9. The van der Waals surface area contributed by atoms with E-state index in [2.05, 4.69) is 125 Å². The lowest BCUT2D eigenvalue weighted by atomic mass is 10.1. The molecule has 0 aliphatic heterocycles. The number of phosphoric acid groups is 2. The van der Waals surface area contributed by atoms with Crippen LogP contribution in [0.5, 0.6) is 0 Å². The molecule has 566 valence electrons. The lowest BCUT2D eigenvalue weighted by Gasteiger charge is -2.21. The topological polar surface area (TPSA) is 237 Å². The predicted molar refractivity (Wildman–Crippen MR) is 399 cm³/mol. The molecule has 0 aromatic carbocycles. The fourth-order valence-corrected chi connectivity index (χ4v) is 11.7. The first-order chi connectivity index (χ1) is 47.7. The van der Waals surface area contributed by atoms with E-state index >= 15 is 0 Å². The number of carbonyl (C=O) groups is 4. The molecule has 0 aromatic rings. The maximum atomic E-state index is 13.1. The van der Waals surface area contributed by atoms with Crippen LogP contribution in [0.3, 0.4) is 0 Å². The molecule has 0 fully saturated rings. The largest absolute Gasteiger partial charge is 0.472 e. The minimum absolute atomic E-state index is 0.0788. The molecule has 0 amide bonds. The lowest BCUT2D eigenvalue weighted by Crippen LogP contribution is -2.30. The maximum absolute atomic E-state index is 13.1. The molecule has 0 saturated carbocycles. The Labute approximate surface area is 595 Å². The highest BCUT2D eigenvalue weighted by Gasteiger charge is 2.30. The zero-order valence-corrected chi connectivity index (χ0v) is 63.5. The van der Waals surface area contributed by atoms with Gasteiger partial charge >= 0.3 is 39.5 Å². The second kappa shape index (κ2) is 71.4. The average molecular weight is 1420 g/mol. The van der Waals surface area contributed by atoms with Gasteiger partial charge in [-0.3, -0.25) is 37.3 Å². The van der Waals surface area contributed by atoms with Crippen molar-refractivity contribution in [1.29, 1.82) is 0 Å². The summed E-state index contributed by atoms with van der Waals surface area (Å²) in [6, 6.07) is 0. The van der Waals surface area contributed by atoms with Gasteiger partial charge in [-0.25, -0.2) is 9.13 Å². The van der Waals surface area contributed by atoms with Gasteiger partial charge in [0.05, 0.1) is 26.4 Å². The molecule has 0 aromatic heterocycles. The zero-order valence-electron chi connectivity index (χ0n) is 61.7. The fourth-order valence-electron chi connectivity index (χ4n) is 10.1. The normalized spacial score (nSPS) is 14.5. The lowest BCUT2D eigenvalue weighted by molar-refractivity contribution is -0.161. The summed E-state index contributed by atoms with van der Waals surface area (Å²) in [6.45, 7) is 4.66. The first-order valence-corrected chi connectivity index (χ1v) is 41.5. The number of rotatable bonds is 72. The van der Waals surface area contributed by atoms with E-state index in [9.17, 15) is 43.2 Å². The van der Waals surface area contributed by atoms with Gasteiger partial charge < -0.3 is 33.8 Å². The highest BCUT2D eigenvalue weighted by Crippen LogP contribution is 2.45. The Bertz CT molecular complexity index is 2240. The Kier molecular flexibility index (Phi) is 68.4. The summed E-state index contributed by atoms with van der Waals surface area (Å²) in [5, 5.41) is 10.6. The van der Waals surface area contributed by atoms with Crippen LogP contribution >= 0.6 is 15.6 Å². The third-order valence-electron chi connectivity index (χ3n) is 16.0. The van der Waals surface area contributed by atoms with E-state index in [1.165, 1.54) is 70.6 Å². The van der Waals surface area contributed by atoms with Crippen molar-refractivity contribution in [3.05, 3.63) is 97.2 Å². The number of aliphatic hydroxyl groups is 1. The summed E-state index contributed by atoms with van der Waals surface area (Å²) >= 11 is 0. The van der Waals surface area contributed by atoms with Crippen molar-refractivity contribution in [3.63, 3.8) is 0 Å². The number of allylic oxidation sites excluding steroid dienone is 16. The molecule has 5 atom stereocenters. The molecule has 0 aliphatic rings. The zero-order chi connectivity index (χ0) is 71.8. The van der Waals surface area contributed by atoms with Crippen LogP contribution in [0.1, 0.15) is 323 Å². The van der Waals surface area contributed by atoms with Crippen molar-refractivity contribution in [1.82, 2.24) is 0 Å². The number of carbonyl (C=O) groups excluding carboxylic acids is 4. The number of aliphatic hydroxyl groups excluding tert-OH is 1. The second-order valence-electron chi connectivity index (χ2n) is 25.6. The van der Waals surface area contributed by atoms with Crippen molar-refractivity contribution >= 4 is 39.5 Å². The van der Waals surface area contributed by atoms with Gasteiger partial charge in [0.1, 0.15) is 19.3 Å². The number of hydrogen-bond acceptors (Lipinski definition) is 15. The van der Waals surface area contributed by atoms with Gasteiger partial charge in [0.15, 0.2) is 12.2 Å². The van der Waals surface area contributed by atoms with Gasteiger partial charge in [0.25, 0.3) is 0 Å². The molecule has 98 heavy (non-hydrogen) atoms. The number of hydrogen-bond donors (Lipinski definition) is 3. The molecule has 0 saturated heterocycles. The van der Waals surface area contributed by atoms with E-state index in [0.717, 1.165) is 173 Å².